The molecule has 0 radical (unpaired) electrons. The third-order valence-corrected chi connectivity index (χ3v) is 2.69. The summed E-state index contributed by atoms with van der Waals surface area (Å²) >= 11 is 0. The standard InChI is InChI=1S/C11H13NO2.ClH/c1-14-11(13)8-3-2-7-4-5-10(12)9(7)6-8;/h2-3,6,10H,4-5,12H2,1H3;1H. The molecule has 0 aliphatic heterocycles. The summed E-state index contributed by atoms with van der Waals surface area (Å²) in [5.41, 5.74) is 8.84. The highest BCUT2D eigenvalue weighted by Gasteiger charge is 2.20. The molecule has 15 heavy (non-hydrogen) atoms. The van der Waals surface area contributed by atoms with Crippen LogP contribution in [0.5, 0.6) is 0 Å². The number of hydrogen-bond acceptors (Lipinski definition) is 3. The second-order valence-corrected chi connectivity index (χ2v) is 3.55. The summed E-state index contributed by atoms with van der Waals surface area (Å²) < 4.78 is 4.65. The molecule has 1 aliphatic rings. The number of benzene rings is 1. The van der Waals surface area contributed by atoms with Gasteiger partial charge in [0, 0.05) is 6.04 Å². The first-order valence-corrected chi connectivity index (χ1v) is 4.69. The number of esters is 1. The molecule has 82 valence electrons. The lowest BCUT2D eigenvalue weighted by molar-refractivity contribution is 0.0600. The minimum absolute atomic E-state index is 0. The Labute approximate surface area is 95.0 Å². The maximum atomic E-state index is 11.3. The molecule has 0 aromatic heterocycles. The maximum Gasteiger partial charge on any atom is 0.337 e. The molecule has 3 nitrogen and oxygen atoms in total. The quantitative estimate of drug-likeness (QED) is 0.745. The first-order chi connectivity index (χ1) is 6.72. The number of ether oxygens (including phenoxy) is 1. The Morgan fingerprint density at radius 3 is 2.93 bits per heavy atom. The number of rotatable bonds is 1. The van der Waals surface area contributed by atoms with Crippen molar-refractivity contribution in [3.8, 4) is 0 Å². The van der Waals surface area contributed by atoms with Gasteiger partial charge in [0.05, 0.1) is 12.7 Å². The van der Waals surface area contributed by atoms with Crippen LogP contribution in [0, 0.1) is 0 Å². The molecule has 0 bridgehead atoms. The number of aryl methyl sites for hydroxylation is 1. The van der Waals surface area contributed by atoms with Crippen molar-refractivity contribution in [2.24, 2.45) is 5.73 Å². The molecule has 1 unspecified atom stereocenters. The fraction of sp³-hybridized carbons (Fsp3) is 0.364. The van der Waals surface area contributed by atoms with Crippen molar-refractivity contribution >= 4 is 18.4 Å². The summed E-state index contributed by atoms with van der Waals surface area (Å²) in [6.07, 6.45) is 1.98. The lowest BCUT2D eigenvalue weighted by Crippen LogP contribution is -2.07. The van der Waals surface area contributed by atoms with E-state index in [0.29, 0.717) is 5.56 Å². The molecule has 1 aromatic carbocycles. The van der Waals surface area contributed by atoms with Gasteiger partial charge in [-0.2, -0.15) is 0 Å². The van der Waals surface area contributed by atoms with Gasteiger partial charge in [-0.3, -0.25) is 0 Å². The van der Waals surface area contributed by atoms with E-state index in [0.717, 1.165) is 18.4 Å². The minimum Gasteiger partial charge on any atom is -0.465 e. The highest BCUT2D eigenvalue weighted by molar-refractivity contribution is 5.89. The van der Waals surface area contributed by atoms with Crippen molar-refractivity contribution in [2.75, 3.05) is 7.11 Å². The number of fused-ring (bicyclic) bond motifs is 1. The zero-order chi connectivity index (χ0) is 10.1. The van der Waals surface area contributed by atoms with Crippen LogP contribution < -0.4 is 5.73 Å². The monoisotopic (exact) mass is 227 g/mol. The third-order valence-electron chi connectivity index (χ3n) is 2.69. The largest absolute Gasteiger partial charge is 0.465 e. The van der Waals surface area contributed by atoms with Crippen LogP contribution in [-0.4, -0.2) is 13.1 Å². The maximum absolute atomic E-state index is 11.3. The van der Waals surface area contributed by atoms with Gasteiger partial charge in [-0.05, 0) is 36.1 Å². The van der Waals surface area contributed by atoms with E-state index >= 15 is 0 Å². The number of halogens is 1. The summed E-state index contributed by atoms with van der Waals surface area (Å²) in [5.74, 6) is -0.299. The Balaban J connectivity index is 0.00000112. The molecule has 0 saturated carbocycles. The molecule has 0 amide bonds. The van der Waals surface area contributed by atoms with E-state index in [1.54, 1.807) is 6.07 Å². The summed E-state index contributed by atoms with van der Waals surface area (Å²) in [6, 6.07) is 5.69. The lowest BCUT2D eigenvalue weighted by Gasteiger charge is -2.06. The van der Waals surface area contributed by atoms with E-state index in [4.69, 9.17) is 5.73 Å². The normalized spacial score (nSPS) is 17.9. The van der Waals surface area contributed by atoms with Crippen LogP contribution in [0.4, 0.5) is 0 Å². The Bertz CT molecular complexity index is 379. The fourth-order valence-electron chi connectivity index (χ4n) is 1.88. The van der Waals surface area contributed by atoms with Crippen LogP contribution in [0.15, 0.2) is 18.2 Å². The second-order valence-electron chi connectivity index (χ2n) is 3.55. The van der Waals surface area contributed by atoms with Gasteiger partial charge in [-0.1, -0.05) is 6.07 Å². The molecule has 0 fully saturated rings. The average molecular weight is 228 g/mol. The molecule has 1 aromatic rings. The van der Waals surface area contributed by atoms with E-state index in [2.05, 4.69) is 4.74 Å². The van der Waals surface area contributed by atoms with Crippen LogP contribution in [-0.2, 0) is 11.2 Å². The molecule has 0 heterocycles. The Kier molecular flexibility index (Phi) is 3.72. The van der Waals surface area contributed by atoms with Crippen LogP contribution in [0.1, 0.15) is 33.9 Å². The van der Waals surface area contributed by atoms with Crippen molar-refractivity contribution in [1.82, 2.24) is 0 Å². The first-order valence-electron chi connectivity index (χ1n) is 4.69. The third kappa shape index (κ3) is 2.13. The fourth-order valence-corrected chi connectivity index (χ4v) is 1.88. The van der Waals surface area contributed by atoms with E-state index in [9.17, 15) is 4.79 Å². The number of carbonyl (C=O) groups is 1. The summed E-state index contributed by atoms with van der Waals surface area (Å²) in [4.78, 5) is 11.3. The molecular formula is C11H14ClNO2. The van der Waals surface area contributed by atoms with Crippen molar-refractivity contribution in [1.29, 1.82) is 0 Å². The highest BCUT2D eigenvalue weighted by Crippen LogP contribution is 2.29. The predicted molar refractivity (Wildman–Crippen MR) is 60.3 cm³/mol. The van der Waals surface area contributed by atoms with Crippen molar-refractivity contribution in [2.45, 2.75) is 18.9 Å². The predicted octanol–water partition coefficient (Wildman–Crippen LogP) is 1.84. The smallest absolute Gasteiger partial charge is 0.337 e. The Morgan fingerprint density at radius 1 is 1.53 bits per heavy atom. The summed E-state index contributed by atoms with van der Waals surface area (Å²) in [5, 5.41) is 0. The average Bonchev–Trinajstić information content (AvgIpc) is 2.59. The van der Waals surface area contributed by atoms with E-state index in [-0.39, 0.29) is 24.4 Å². The van der Waals surface area contributed by atoms with Gasteiger partial charge in [-0.25, -0.2) is 4.79 Å². The summed E-state index contributed by atoms with van der Waals surface area (Å²) in [7, 11) is 1.38. The van der Waals surface area contributed by atoms with E-state index in [1.165, 1.54) is 12.7 Å². The first kappa shape index (κ1) is 12.0. The van der Waals surface area contributed by atoms with E-state index < -0.39 is 0 Å². The summed E-state index contributed by atoms with van der Waals surface area (Å²) in [6.45, 7) is 0. The van der Waals surface area contributed by atoms with Gasteiger partial charge in [0.25, 0.3) is 0 Å². The Hall–Kier alpha value is -1.06. The molecule has 2 N–H and O–H groups in total. The van der Waals surface area contributed by atoms with Crippen LogP contribution in [0.25, 0.3) is 0 Å². The second kappa shape index (κ2) is 4.64. The van der Waals surface area contributed by atoms with Gasteiger partial charge in [-0.15, -0.1) is 12.4 Å². The molecule has 0 saturated heterocycles. The number of nitrogens with two attached hydrogens (primary N) is 1. The van der Waals surface area contributed by atoms with E-state index in [1.807, 2.05) is 12.1 Å². The molecule has 0 spiro atoms. The Morgan fingerprint density at radius 2 is 2.27 bits per heavy atom. The van der Waals surface area contributed by atoms with Crippen LogP contribution in [0.2, 0.25) is 0 Å². The highest BCUT2D eigenvalue weighted by atomic mass is 35.5. The molecule has 1 aliphatic carbocycles. The number of hydrogen-bond donors (Lipinski definition) is 1. The van der Waals surface area contributed by atoms with Crippen molar-refractivity contribution in [3.05, 3.63) is 34.9 Å². The van der Waals surface area contributed by atoms with Crippen LogP contribution >= 0.6 is 12.4 Å². The van der Waals surface area contributed by atoms with Crippen molar-refractivity contribution < 1.29 is 9.53 Å². The molecular weight excluding hydrogens is 214 g/mol. The van der Waals surface area contributed by atoms with Gasteiger partial charge in [0.15, 0.2) is 0 Å². The topological polar surface area (TPSA) is 52.3 Å². The van der Waals surface area contributed by atoms with Gasteiger partial charge >= 0.3 is 5.97 Å². The molecule has 2 rings (SSSR count). The molecule has 4 heteroatoms. The number of methoxy groups -OCH3 is 1. The zero-order valence-corrected chi connectivity index (χ0v) is 9.34. The van der Waals surface area contributed by atoms with Crippen molar-refractivity contribution in [3.63, 3.8) is 0 Å². The zero-order valence-electron chi connectivity index (χ0n) is 8.53. The SMILES string of the molecule is COC(=O)c1ccc2c(c1)C(N)CC2.Cl. The van der Waals surface area contributed by atoms with Gasteiger partial charge in [0.2, 0.25) is 0 Å². The number of carbonyl (C=O) groups excluding carboxylic acids is 1. The minimum atomic E-state index is -0.299. The van der Waals surface area contributed by atoms with Crippen LogP contribution in [0.3, 0.4) is 0 Å². The molecule has 1 atom stereocenters. The van der Waals surface area contributed by atoms with Gasteiger partial charge in [0.1, 0.15) is 0 Å². The lowest BCUT2D eigenvalue weighted by atomic mass is 10.0. The van der Waals surface area contributed by atoms with Gasteiger partial charge < -0.3 is 10.5 Å².